The fourth-order valence-corrected chi connectivity index (χ4v) is 4.91. The van der Waals surface area contributed by atoms with Gasteiger partial charge in [0.05, 0.1) is 25.3 Å². The van der Waals surface area contributed by atoms with Gasteiger partial charge in [-0.1, -0.05) is 37.6 Å². The van der Waals surface area contributed by atoms with Gasteiger partial charge in [-0.3, -0.25) is 19.9 Å². The van der Waals surface area contributed by atoms with Crippen molar-refractivity contribution in [3.8, 4) is 5.88 Å². The van der Waals surface area contributed by atoms with Gasteiger partial charge in [-0.25, -0.2) is 9.98 Å². The summed E-state index contributed by atoms with van der Waals surface area (Å²) in [5, 5.41) is 9.53. The zero-order valence-corrected chi connectivity index (χ0v) is 23.8. The Morgan fingerprint density at radius 2 is 1.87 bits per heavy atom. The fraction of sp³-hybridized carbons (Fsp3) is 0.357. The van der Waals surface area contributed by atoms with Crippen LogP contribution >= 0.6 is 11.6 Å². The van der Waals surface area contributed by atoms with Crippen LogP contribution in [0.2, 0.25) is 5.02 Å². The smallest absolute Gasteiger partial charge is 0.274 e. The van der Waals surface area contributed by atoms with E-state index in [-0.39, 0.29) is 28.8 Å². The first-order valence-electron chi connectivity index (χ1n) is 12.5. The van der Waals surface area contributed by atoms with Crippen LogP contribution in [0.5, 0.6) is 5.88 Å². The van der Waals surface area contributed by atoms with Gasteiger partial charge >= 0.3 is 0 Å². The van der Waals surface area contributed by atoms with Crippen LogP contribution in [-0.4, -0.2) is 53.1 Å². The molecule has 10 nitrogen and oxygen atoms in total. The third kappa shape index (κ3) is 5.29. The Bertz CT molecular complexity index is 1510. The van der Waals surface area contributed by atoms with Crippen LogP contribution in [0.25, 0.3) is 0 Å². The van der Waals surface area contributed by atoms with Gasteiger partial charge in [0, 0.05) is 38.1 Å². The second kappa shape index (κ2) is 11.0. The maximum absolute atomic E-state index is 13.8. The summed E-state index contributed by atoms with van der Waals surface area (Å²) in [6.07, 6.45) is 3.27. The van der Waals surface area contributed by atoms with Crippen molar-refractivity contribution in [2.24, 2.45) is 23.9 Å². The quantitative estimate of drug-likeness (QED) is 0.437. The summed E-state index contributed by atoms with van der Waals surface area (Å²) in [4.78, 5) is 43.9. The van der Waals surface area contributed by atoms with Gasteiger partial charge in [-0.15, -0.1) is 0 Å². The van der Waals surface area contributed by atoms with E-state index in [4.69, 9.17) is 26.7 Å². The summed E-state index contributed by atoms with van der Waals surface area (Å²) in [5.41, 5.74) is 2.20. The van der Waals surface area contributed by atoms with Crippen LogP contribution in [0.3, 0.4) is 0 Å². The van der Waals surface area contributed by atoms with E-state index in [0.29, 0.717) is 22.4 Å². The van der Waals surface area contributed by atoms with Crippen LogP contribution in [0.15, 0.2) is 52.5 Å². The standard InChI is InChI=1S/C28H32ClN7O3/c1-15(2)23(32-19-13-31-28(34(4)5)33-25(19)39-7)21-22(30)27(38)36(20-12-16(3)14-35(6)26(20)37)24(21)17-8-10-18(29)11-9-17/h8-15,21,24,30H,1-7H3. The van der Waals surface area contributed by atoms with E-state index in [1.54, 1.807) is 42.5 Å². The van der Waals surface area contributed by atoms with Crippen molar-refractivity contribution in [1.29, 1.82) is 5.41 Å². The third-order valence-electron chi connectivity index (χ3n) is 6.60. The lowest BCUT2D eigenvalue weighted by Gasteiger charge is -2.30. The summed E-state index contributed by atoms with van der Waals surface area (Å²) in [5.74, 6) is -0.753. The summed E-state index contributed by atoms with van der Waals surface area (Å²) in [6.45, 7) is 5.75. The molecule has 1 aliphatic heterocycles. The van der Waals surface area contributed by atoms with Crippen molar-refractivity contribution in [2.75, 3.05) is 31.0 Å². The van der Waals surface area contributed by atoms with Crippen molar-refractivity contribution in [3.63, 3.8) is 0 Å². The van der Waals surface area contributed by atoms with Crippen LogP contribution in [-0.2, 0) is 11.8 Å². The molecule has 2 aromatic heterocycles. The second-order valence-electron chi connectivity index (χ2n) is 10.0. The number of halogens is 1. The average Bonchev–Trinajstić information content (AvgIpc) is 3.14. The number of carbonyl (C=O) groups excluding carboxylic acids is 1. The van der Waals surface area contributed by atoms with E-state index < -0.39 is 17.9 Å². The van der Waals surface area contributed by atoms with E-state index >= 15 is 0 Å². The monoisotopic (exact) mass is 549 g/mol. The lowest BCUT2D eigenvalue weighted by molar-refractivity contribution is -0.112. The molecule has 3 heterocycles. The zero-order valence-electron chi connectivity index (χ0n) is 23.1. The molecule has 11 heteroatoms. The molecule has 2 unspecified atom stereocenters. The molecule has 0 aliphatic carbocycles. The minimum atomic E-state index is -0.762. The predicted octanol–water partition coefficient (Wildman–Crippen LogP) is 4.36. The first-order valence-corrected chi connectivity index (χ1v) is 12.8. The summed E-state index contributed by atoms with van der Waals surface area (Å²) in [6, 6.07) is 8.07. The Morgan fingerprint density at radius 3 is 2.46 bits per heavy atom. The van der Waals surface area contributed by atoms with Crippen molar-refractivity contribution in [1.82, 2.24) is 14.5 Å². The van der Waals surface area contributed by atoms with E-state index in [1.165, 1.54) is 16.6 Å². The number of amides is 1. The number of anilines is 2. The highest BCUT2D eigenvalue weighted by Crippen LogP contribution is 2.42. The molecule has 4 rings (SSSR count). The van der Waals surface area contributed by atoms with Gasteiger partial charge < -0.3 is 14.2 Å². The van der Waals surface area contributed by atoms with Crippen molar-refractivity contribution in [3.05, 3.63) is 69.2 Å². The van der Waals surface area contributed by atoms with Crippen molar-refractivity contribution >= 4 is 46.3 Å². The molecule has 1 fully saturated rings. The topological polar surface area (TPSA) is 117 Å². The van der Waals surface area contributed by atoms with Crippen LogP contribution in [0.4, 0.5) is 17.3 Å². The number of aryl methyl sites for hydroxylation is 2. The molecule has 1 N–H and O–H groups in total. The average molecular weight is 550 g/mol. The number of ether oxygens (including phenoxy) is 1. The molecule has 2 atom stereocenters. The maximum atomic E-state index is 13.8. The number of hydrogen-bond acceptors (Lipinski definition) is 8. The number of rotatable bonds is 7. The Kier molecular flexibility index (Phi) is 7.87. The molecule has 0 saturated carbocycles. The Balaban J connectivity index is 1.96. The number of pyridine rings is 1. The third-order valence-corrected chi connectivity index (χ3v) is 6.85. The minimum Gasteiger partial charge on any atom is -0.479 e. The van der Waals surface area contributed by atoms with Gasteiger partial charge in [-0.05, 0) is 42.2 Å². The normalized spacial score (nSPS) is 17.8. The van der Waals surface area contributed by atoms with Gasteiger partial charge in [-0.2, -0.15) is 4.98 Å². The predicted molar refractivity (Wildman–Crippen MR) is 154 cm³/mol. The fourth-order valence-electron chi connectivity index (χ4n) is 4.79. The van der Waals surface area contributed by atoms with Crippen LogP contribution in [0.1, 0.15) is 31.0 Å². The Labute approximate surface area is 232 Å². The number of aromatic nitrogens is 3. The molecule has 0 radical (unpaired) electrons. The molecule has 3 aromatic rings. The molecule has 0 bridgehead atoms. The second-order valence-corrected chi connectivity index (χ2v) is 10.5. The highest BCUT2D eigenvalue weighted by Gasteiger charge is 2.49. The number of methoxy groups -OCH3 is 1. The Hall–Kier alpha value is -4.05. The van der Waals surface area contributed by atoms with Gasteiger partial charge in [0.2, 0.25) is 11.8 Å². The molecule has 1 aromatic carbocycles. The van der Waals surface area contributed by atoms with E-state index in [9.17, 15) is 9.59 Å². The number of nitrogens with one attached hydrogen (secondary N) is 1. The molecule has 1 aliphatic rings. The maximum Gasteiger partial charge on any atom is 0.274 e. The van der Waals surface area contributed by atoms with Crippen molar-refractivity contribution in [2.45, 2.75) is 26.8 Å². The minimum absolute atomic E-state index is 0.157. The number of benzene rings is 1. The highest BCUT2D eigenvalue weighted by atomic mass is 35.5. The SMILES string of the molecule is COc1nc(N(C)C)ncc1N=C(C(C)C)C1C(=N)C(=O)N(c2cc(C)cn(C)c2=O)C1c1ccc(Cl)cc1. The summed E-state index contributed by atoms with van der Waals surface area (Å²) < 4.78 is 6.95. The first kappa shape index (κ1) is 28.0. The number of nitrogens with zero attached hydrogens (tertiary/aromatic N) is 6. The van der Waals surface area contributed by atoms with Crippen LogP contribution < -0.4 is 20.1 Å². The summed E-state index contributed by atoms with van der Waals surface area (Å²) >= 11 is 6.19. The largest absolute Gasteiger partial charge is 0.479 e. The Morgan fingerprint density at radius 1 is 1.21 bits per heavy atom. The lowest BCUT2D eigenvalue weighted by atomic mass is 9.83. The first-order chi connectivity index (χ1) is 18.4. The number of carbonyl (C=O) groups is 1. The number of aliphatic imine (C=N–C) groups is 1. The van der Waals surface area contributed by atoms with Crippen LogP contribution in [0, 0.1) is 24.2 Å². The molecule has 204 valence electrons. The molecule has 1 amide bonds. The van der Waals surface area contributed by atoms with Gasteiger partial charge in [0.25, 0.3) is 11.5 Å². The van der Waals surface area contributed by atoms with Crippen molar-refractivity contribution < 1.29 is 9.53 Å². The highest BCUT2D eigenvalue weighted by molar-refractivity contribution is 6.49. The van der Waals surface area contributed by atoms with Gasteiger partial charge in [0.15, 0.2) is 0 Å². The van der Waals surface area contributed by atoms with E-state index in [2.05, 4.69) is 9.97 Å². The van der Waals surface area contributed by atoms with E-state index in [1.807, 2.05) is 47.0 Å². The van der Waals surface area contributed by atoms with Gasteiger partial charge in [0.1, 0.15) is 17.1 Å². The molecule has 39 heavy (non-hydrogen) atoms. The zero-order chi connectivity index (χ0) is 28.6. The van der Waals surface area contributed by atoms with E-state index in [0.717, 1.165) is 11.1 Å². The molecular formula is C28H32ClN7O3. The molecular weight excluding hydrogens is 518 g/mol. The lowest BCUT2D eigenvalue weighted by Crippen LogP contribution is -2.36. The molecule has 0 spiro atoms. The molecule has 1 saturated heterocycles. The number of hydrogen-bond donors (Lipinski definition) is 1. The summed E-state index contributed by atoms with van der Waals surface area (Å²) in [7, 11) is 6.79.